The highest BCUT2D eigenvalue weighted by molar-refractivity contribution is 5.79. The highest BCUT2D eigenvalue weighted by atomic mass is 16.1. The van der Waals surface area contributed by atoms with E-state index in [1.807, 2.05) is 6.92 Å². The molecule has 1 unspecified atom stereocenters. The Hall–Kier alpha value is -1.35. The van der Waals surface area contributed by atoms with E-state index in [1.54, 1.807) is 0 Å². The number of nitrogens with two attached hydrogens (primary N) is 1. The Bertz CT molecular complexity index is 398. The number of carbonyl (C=O) groups excluding carboxylic acids is 1. The lowest BCUT2D eigenvalue weighted by atomic mass is 9.96. The van der Waals surface area contributed by atoms with Crippen molar-refractivity contribution in [3.05, 3.63) is 35.4 Å². The molecule has 0 heterocycles. The first kappa shape index (κ1) is 16.7. The molecule has 112 valence electrons. The van der Waals surface area contributed by atoms with Gasteiger partial charge in [-0.05, 0) is 36.3 Å². The molecule has 0 radical (unpaired) electrons. The van der Waals surface area contributed by atoms with Crippen molar-refractivity contribution >= 4 is 5.91 Å². The predicted octanol–water partition coefficient (Wildman–Crippen LogP) is 2.53. The molecular weight excluding hydrogens is 248 g/mol. The molecule has 1 aromatic rings. The van der Waals surface area contributed by atoms with Crippen LogP contribution in [0.2, 0.25) is 0 Å². The van der Waals surface area contributed by atoms with Gasteiger partial charge in [0.1, 0.15) is 0 Å². The molecule has 3 heteroatoms. The van der Waals surface area contributed by atoms with Crippen LogP contribution in [0.25, 0.3) is 0 Å². The third kappa shape index (κ3) is 5.74. The van der Waals surface area contributed by atoms with Crippen LogP contribution in [0.3, 0.4) is 0 Å². The number of rotatable bonds is 8. The van der Waals surface area contributed by atoms with Crippen LogP contribution in [-0.4, -0.2) is 19.0 Å². The van der Waals surface area contributed by atoms with E-state index in [9.17, 15) is 4.79 Å². The normalized spacial score (nSPS) is 12.4. The van der Waals surface area contributed by atoms with Gasteiger partial charge < -0.3 is 11.1 Å². The van der Waals surface area contributed by atoms with Crippen LogP contribution in [0, 0.1) is 11.8 Å². The van der Waals surface area contributed by atoms with E-state index in [0.717, 1.165) is 19.4 Å². The summed E-state index contributed by atoms with van der Waals surface area (Å²) in [5, 5.41) is 2.92. The van der Waals surface area contributed by atoms with Crippen molar-refractivity contribution in [3.63, 3.8) is 0 Å². The van der Waals surface area contributed by atoms with Gasteiger partial charge in [-0.3, -0.25) is 4.79 Å². The van der Waals surface area contributed by atoms with Crippen LogP contribution >= 0.6 is 0 Å². The highest BCUT2D eigenvalue weighted by Crippen LogP contribution is 2.13. The van der Waals surface area contributed by atoms with E-state index in [4.69, 9.17) is 5.73 Å². The summed E-state index contributed by atoms with van der Waals surface area (Å²) >= 11 is 0. The molecule has 0 spiro atoms. The summed E-state index contributed by atoms with van der Waals surface area (Å²) in [6.07, 6.45) is 2.76. The number of hydrogen-bond donors (Lipinski definition) is 2. The molecule has 0 aliphatic carbocycles. The zero-order valence-corrected chi connectivity index (χ0v) is 13.0. The van der Waals surface area contributed by atoms with E-state index in [0.29, 0.717) is 18.9 Å². The van der Waals surface area contributed by atoms with Crippen LogP contribution in [0.15, 0.2) is 24.3 Å². The minimum atomic E-state index is -0.127. The van der Waals surface area contributed by atoms with Gasteiger partial charge in [-0.25, -0.2) is 0 Å². The molecule has 0 fully saturated rings. The monoisotopic (exact) mass is 276 g/mol. The van der Waals surface area contributed by atoms with E-state index >= 15 is 0 Å². The van der Waals surface area contributed by atoms with Gasteiger partial charge in [0, 0.05) is 13.1 Å². The van der Waals surface area contributed by atoms with Crippen molar-refractivity contribution in [1.82, 2.24) is 5.32 Å². The first-order valence-corrected chi connectivity index (χ1v) is 7.62. The van der Waals surface area contributed by atoms with E-state index in [1.165, 1.54) is 11.1 Å². The summed E-state index contributed by atoms with van der Waals surface area (Å²) in [7, 11) is 0. The van der Waals surface area contributed by atoms with Gasteiger partial charge in [0.15, 0.2) is 0 Å². The summed E-state index contributed by atoms with van der Waals surface area (Å²) in [6.45, 7) is 7.60. The molecule has 0 saturated carbocycles. The van der Waals surface area contributed by atoms with Crippen LogP contribution < -0.4 is 11.1 Å². The second-order valence-corrected chi connectivity index (χ2v) is 5.84. The van der Waals surface area contributed by atoms with Crippen LogP contribution in [0.4, 0.5) is 0 Å². The molecular formula is C17H28N2O. The lowest BCUT2D eigenvalue weighted by Gasteiger charge is -2.15. The topological polar surface area (TPSA) is 55.1 Å². The third-order valence-electron chi connectivity index (χ3n) is 3.35. The Morgan fingerprint density at radius 1 is 1.15 bits per heavy atom. The fraction of sp³-hybridized carbons (Fsp3) is 0.588. The van der Waals surface area contributed by atoms with Gasteiger partial charge in [0.25, 0.3) is 0 Å². The molecule has 0 bridgehead atoms. The van der Waals surface area contributed by atoms with Crippen molar-refractivity contribution in [2.75, 3.05) is 13.1 Å². The fourth-order valence-corrected chi connectivity index (χ4v) is 2.24. The number of benzene rings is 1. The average molecular weight is 276 g/mol. The summed E-state index contributed by atoms with van der Waals surface area (Å²) in [6, 6.07) is 8.56. The van der Waals surface area contributed by atoms with Crippen molar-refractivity contribution < 1.29 is 4.79 Å². The third-order valence-corrected chi connectivity index (χ3v) is 3.35. The second-order valence-electron chi connectivity index (χ2n) is 5.84. The van der Waals surface area contributed by atoms with E-state index in [-0.39, 0.29) is 11.8 Å². The van der Waals surface area contributed by atoms with Gasteiger partial charge in [-0.2, -0.15) is 0 Å². The first-order valence-electron chi connectivity index (χ1n) is 7.62. The van der Waals surface area contributed by atoms with Crippen LogP contribution in [-0.2, 0) is 17.6 Å². The van der Waals surface area contributed by atoms with Crippen molar-refractivity contribution in [2.24, 2.45) is 17.6 Å². The van der Waals surface area contributed by atoms with Crippen molar-refractivity contribution in [1.29, 1.82) is 0 Å². The molecule has 1 atom stereocenters. The minimum Gasteiger partial charge on any atom is -0.356 e. The quantitative estimate of drug-likeness (QED) is 0.766. The summed E-state index contributed by atoms with van der Waals surface area (Å²) < 4.78 is 0. The number of hydrogen-bond acceptors (Lipinski definition) is 2. The molecule has 0 aliphatic heterocycles. The van der Waals surface area contributed by atoms with E-state index in [2.05, 4.69) is 43.4 Å². The minimum absolute atomic E-state index is 0.0700. The van der Waals surface area contributed by atoms with Crippen LogP contribution in [0.5, 0.6) is 0 Å². The van der Waals surface area contributed by atoms with Crippen molar-refractivity contribution in [3.8, 4) is 0 Å². The molecule has 0 aromatic heterocycles. The second kappa shape index (κ2) is 8.75. The standard InChI is InChI=1S/C17H28N2O/c1-4-9-19-17(20)16(12-18)11-15-7-5-14(6-8-15)10-13(2)3/h5-8,13,16H,4,9-12,18H2,1-3H3,(H,19,20). The lowest BCUT2D eigenvalue weighted by molar-refractivity contribution is -0.124. The smallest absolute Gasteiger partial charge is 0.224 e. The molecule has 20 heavy (non-hydrogen) atoms. The zero-order valence-electron chi connectivity index (χ0n) is 13.0. The predicted molar refractivity (Wildman–Crippen MR) is 84.5 cm³/mol. The highest BCUT2D eigenvalue weighted by Gasteiger charge is 2.16. The van der Waals surface area contributed by atoms with Gasteiger partial charge in [-0.1, -0.05) is 45.0 Å². The molecule has 3 N–H and O–H groups in total. The lowest BCUT2D eigenvalue weighted by Crippen LogP contribution is -2.36. The zero-order chi connectivity index (χ0) is 15.0. The molecule has 1 aromatic carbocycles. The Labute approximate surface area is 122 Å². The van der Waals surface area contributed by atoms with Gasteiger partial charge in [0.2, 0.25) is 5.91 Å². The maximum Gasteiger partial charge on any atom is 0.224 e. The maximum absolute atomic E-state index is 12.0. The first-order chi connectivity index (χ1) is 9.56. The largest absolute Gasteiger partial charge is 0.356 e. The summed E-state index contributed by atoms with van der Waals surface area (Å²) in [5.74, 6) is 0.607. The maximum atomic E-state index is 12.0. The average Bonchev–Trinajstić information content (AvgIpc) is 2.43. The van der Waals surface area contributed by atoms with Crippen molar-refractivity contribution in [2.45, 2.75) is 40.0 Å². The molecule has 0 aliphatic rings. The molecule has 3 nitrogen and oxygen atoms in total. The fourth-order valence-electron chi connectivity index (χ4n) is 2.24. The van der Waals surface area contributed by atoms with Crippen LogP contribution in [0.1, 0.15) is 38.3 Å². The Kier molecular flexibility index (Phi) is 7.31. The summed E-state index contributed by atoms with van der Waals surface area (Å²) in [5.41, 5.74) is 8.26. The Balaban J connectivity index is 2.59. The number of amides is 1. The van der Waals surface area contributed by atoms with Gasteiger partial charge >= 0.3 is 0 Å². The molecule has 0 saturated heterocycles. The SMILES string of the molecule is CCCNC(=O)C(CN)Cc1ccc(CC(C)C)cc1. The Morgan fingerprint density at radius 2 is 1.70 bits per heavy atom. The van der Waals surface area contributed by atoms with Gasteiger partial charge in [0.05, 0.1) is 5.92 Å². The number of carbonyl (C=O) groups is 1. The van der Waals surface area contributed by atoms with E-state index < -0.39 is 0 Å². The Morgan fingerprint density at radius 3 is 2.15 bits per heavy atom. The summed E-state index contributed by atoms with van der Waals surface area (Å²) in [4.78, 5) is 12.0. The molecule has 1 rings (SSSR count). The van der Waals surface area contributed by atoms with Gasteiger partial charge in [-0.15, -0.1) is 0 Å². The number of nitrogens with one attached hydrogen (secondary N) is 1. The molecule has 1 amide bonds.